The molecule has 0 radical (unpaired) electrons. The van der Waals surface area contributed by atoms with E-state index in [2.05, 4.69) is 15.9 Å². The van der Waals surface area contributed by atoms with Crippen molar-refractivity contribution in [1.82, 2.24) is 0 Å². The lowest BCUT2D eigenvalue weighted by Gasteiger charge is -1.95. The molecule has 0 heterocycles. The van der Waals surface area contributed by atoms with Gasteiger partial charge in [0.25, 0.3) is 0 Å². The first kappa shape index (κ1) is 3.56. The lowest BCUT2D eigenvalue weighted by molar-refractivity contribution is 0.626. The third-order valence-electron chi connectivity index (χ3n) is 0.799. The molecule has 1 rings (SSSR count). The first-order valence-electron chi connectivity index (χ1n) is 3.67. The number of nitrogen functional groups attached to an aromatic ring is 1. The number of hydrogen-bond acceptors (Lipinski definition) is 1. The van der Waals surface area contributed by atoms with Crippen molar-refractivity contribution in [1.29, 1.82) is 0 Å². The van der Waals surface area contributed by atoms with E-state index >= 15 is 0 Å². The van der Waals surface area contributed by atoms with Gasteiger partial charge in [-0.1, -0.05) is 6.04 Å². The van der Waals surface area contributed by atoms with E-state index in [9.17, 15) is 4.39 Å². The van der Waals surface area contributed by atoms with Crippen molar-refractivity contribution in [2.45, 2.75) is 0 Å². The molecule has 48 valence electrons. The Kier molecular flexibility index (Phi) is 0.931. The monoisotopic (exact) mass is 192 g/mol. The molecular weight excluding hydrogens is 185 g/mol. The van der Waals surface area contributed by atoms with Crippen LogP contribution in [-0.4, -0.2) is 0 Å². The first-order chi connectivity index (χ1) is 5.46. The van der Waals surface area contributed by atoms with Crippen LogP contribution in [-0.2, 0) is 0 Å². The van der Waals surface area contributed by atoms with Gasteiger partial charge in [-0.15, -0.1) is 0 Å². The van der Waals surface area contributed by atoms with E-state index in [-0.39, 0.29) is 16.6 Å². The zero-order chi connectivity index (χ0) is 9.46. The fourth-order valence-electron chi connectivity index (χ4n) is 0.381. The smallest absolute Gasteiger partial charge is 0.160 e. The second-order valence-corrected chi connectivity index (χ2v) is 2.21. The van der Waals surface area contributed by atoms with Crippen molar-refractivity contribution in [3.8, 4) is 0 Å². The van der Waals surface area contributed by atoms with Crippen LogP contribution in [0.1, 0.15) is 4.11 Å². The van der Waals surface area contributed by atoms with Gasteiger partial charge in [0.2, 0.25) is 0 Å². The standard InChI is InChI=1S/C6H5BrFN/c7-4-2-1-3-5(9)6(4)8/h1-3H,9H2/i1D,2D,3D. The fraction of sp³-hybridized carbons (Fsp3) is 0. The van der Waals surface area contributed by atoms with Gasteiger partial charge >= 0.3 is 0 Å². The Morgan fingerprint density at radius 1 is 1.67 bits per heavy atom. The predicted molar refractivity (Wildman–Crippen MR) is 38.5 cm³/mol. The molecule has 0 aliphatic heterocycles. The maximum absolute atomic E-state index is 12.9. The van der Waals surface area contributed by atoms with E-state index in [1.165, 1.54) is 0 Å². The van der Waals surface area contributed by atoms with Gasteiger partial charge in [-0.2, -0.15) is 0 Å². The highest BCUT2D eigenvalue weighted by molar-refractivity contribution is 9.10. The topological polar surface area (TPSA) is 26.0 Å². The number of anilines is 1. The first-order valence-corrected chi connectivity index (χ1v) is 2.96. The van der Waals surface area contributed by atoms with Crippen LogP contribution < -0.4 is 5.73 Å². The molecule has 0 amide bonds. The molecule has 1 nitrogen and oxygen atoms in total. The molecule has 0 unspecified atom stereocenters. The van der Waals surface area contributed by atoms with Crippen molar-refractivity contribution < 1.29 is 8.50 Å². The van der Waals surface area contributed by atoms with Gasteiger partial charge in [-0.05, 0) is 28.0 Å². The minimum atomic E-state index is -0.846. The number of hydrogen-bond donors (Lipinski definition) is 1. The van der Waals surface area contributed by atoms with Crippen molar-refractivity contribution in [2.75, 3.05) is 5.73 Å². The van der Waals surface area contributed by atoms with Crippen LogP contribution in [0.4, 0.5) is 10.1 Å². The maximum Gasteiger partial charge on any atom is 0.160 e. The Morgan fingerprint density at radius 2 is 2.33 bits per heavy atom. The van der Waals surface area contributed by atoms with Crippen molar-refractivity contribution >= 4 is 21.6 Å². The highest BCUT2D eigenvalue weighted by Gasteiger charge is 1.99. The minimum absolute atomic E-state index is 0.166. The summed E-state index contributed by atoms with van der Waals surface area (Å²) in [5, 5.41) is 0. The Morgan fingerprint density at radius 3 is 3.00 bits per heavy atom. The van der Waals surface area contributed by atoms with Gasteiger partial charge in [0, 0.05) is 0 Å². The molecule has 0 fully saturated rings. The molecule has 0 spiro atoms. The van der Waals surface area contributed by atoms with Crippen LogP contribution in [0, 0.1) is 5.82 Å². The zero-order valence-corrected chi connectivity index (χ0v) is 5.92. The average Bonchev–Trinajstić information content (AvgIpc) is 2.08. The fourth-order valence-corrected chi connectivity index (χ4v) is 0.694. The molecule has 2 N–H and O–H groups in total. The van der Waals surface area contributed by atoms with Gasteiger partial charge < -0.3 is 5.73 Å². The number of rotatable bonds is 0. The van der Waals surface area contributed by atoms with Crippen LogP contribution in [0.3, 0.4) is 0 Å². The normalized spacial score (nSPS) is 14.2. The lowest BCUT2D eigenvalue weighted by atomic mass is 10.3. The molecule has 0 aliphatic rings. The summed E-state index contributed by atoms with van der Waals surface area (Å²) in [5.41, 5.74) is 4.76. The van der Waals surface area contributed by atoms with Crippen LogP contribution >= 0.6 is 15.9 Å². The summed E-state index contributed by atoms with van der Waals surface area (Å²) in [7, 11) is 0. The predicted octanol–water partition coefficient (Wildman–Crippen LogP) is 2.17. The van der Waals surface area contributed by atoms with E-state index < -0.39 is 17.5 Å². The highest BCUT2D eigenvalue weighted by Crippen LogP contribution is 2.19. The Bertz CT molecular complexity index is 237. The largest absolute Gasteiger partial charge is 0.396 e. The van der Waals surface area contributed by atoms with Gasteiger partial charge in [0.1, 0.15) is 0 Å². The summed E-state index contributed by atoms with van der Waals surface area (Å²) < 4.78 is 34.2. The summed E-state index contributed by atoms with van der Waals surface area (Å²) in [4.78, 5) is 0. The molecule has 1 aromatic rings. The van der Waals surface area contributed by atoms with Gasteiger partial charge in [-0.3, -0.25) is 0 Å². The van der Waals surface area contributed by atoms with Gasteiger partial charge in [-0.25, -0.2) is 4.39 Å². The molecule has 0 bridgehead atoms. The minimum Gasteiger partial charge on any atom is -0.396 e. The molecule has 9 heavy (non-hydrogen) atoms. The highest BCUT2D eigenvalue weighted by atomic mass is 79.9. The molecule has 0 saturated heterocycles. The van der Waals surface area contributed by atoms with Crippen LogP contribution in [0.2, 0.25) is 0 Å². The quantitative estimate of drug-likeness (QED) is 0.627. The SMILES string of the molecule is [2H]c1c([2H])c(N)c(F)c(Br)c1[2H]. The number of nitrogens with two attached hydrogens (primary N) is 1. The van der Waals surface area contributed by atoms with Gasteiger partial charge in [0.15, 0.2) is 5.82 Å². The molecule has 1 aromatic carbocycles. The molecule has 0 atom stereocenters. The molecule has 3 heteroatoms. The van der Waals surface area contributed by atoms with Crippen LogP contribution in [0.15, 0.2) is 22.6 Å². The van der Waals surface area contributed by atoms with E-state index in [4.69, 9.17) is 9.85 Å². The Hall–Kier alpha value is -0.570. The second kappa shape index (κ2) is 2.35. The zero-order valence-electron chi connectivity index (χ0n) is 7.33. The maximum atomic E-state index is 12.9. The third kappa shape index (κ3) is 1.21. The Balaban J connectivity index is 3.60. The van der Waals surface area contributed by atoms with Crippen molar-refractivity contribution in [2.24, 2.45) is 0 Å². The summed E-state index contributed by atoms with van der Waals surface area (Å²) in [6.45, 7) is 0. The molecule has 0 aliphatic carbocycles. The second-order valence-electron chi connectivity index (χ2n) is 1.42. The van der Waals surface area contributed by atoms with Gasteiger partial charge in [0.05, 0.1) is 14.3 Å². The van der Waals surface area contributed by atoms with E-state index in [0.29, 0.717) is 0 Å². The van der Waals surface area contributed by atoms with E-state index in [1.54, 1.807) is 0 Å². The number of benzene rings is 1. The molecule has 0 saturated carbocycles. The Labute approximate surface area is 65.0 Å². The summed E-state index contributed by atoms with van der Waals surface area (Å²) in [5.74, 6) is -0.846. The summed E-state index contributed by atoms with van der Waals surface area (Å²) >= 11 is 2.77. The van der Waals surface area contributed by atoms with Crippen LogP contribution in [0.25, 0.3) is 0 Å². The van der Waals surface area contributed by atoms with E-state index in [1.807, 2.05) is 0 Å². The average molecular weight is 193 g/mol. The number of halogens is 2. The molecular formula is C6H5BrFN. The van der Waals surface area contributed by atoms with Crippen molar-refractivity contribution in [3.63, 3.8) is 0 Å². The van der Waals surface area contributed by atoms with Crippen molar-refractivity contribution in [3.05, 3.63) is 28.4 Å². The van der Waals surface area contributed by atoms with Crippen LogP contribution in [0.5, 0.6) is 0 Å². The van der Waals surface area contributed by atoms with E-state index in [0.717, 1.165) is 0 Å². The summed E-state index contributed by atoms with van der Waals surface area (Å²) in [6, 6.07) is -1.17. The summed E-state index contributed by atoms with van der Waals surface area (Å²) in [6.07, 6.45) is 0. The molecule has 0 aromatic heterocycles. The lowest BCUT2D eigenvalue weighted by Crippen LogP contribution is -1.89. The third-order valence-corrected chi connectivity index (χ3v) is 1.34.